The topological polar surface area (TPSA) is 86.8 Å². The molecule has 1 atom stereocenters. The van der Waals surface area contributed by atoms with E-state index in [0.29, 0.717) is 6.54 Å². The molecule has 0 aliphatic carbocycles. The average Bonchev–Trinajstić information content (AvgIpc) is 2.83. The summed E-state index contributed by atoms with van der Waals surface area (Å²) in [5, 5.41) is 2.83. The molecule has 7 nitrogen and oxygen atoms in total. The summed E-state index contributed by atoms with van der Waals surface area (Å²) < 4.78 is 65.1. The maximum atomic E-state index is 13.3. The Kier molecular flexibility index (Phi) is 10.8. The number of halogens is 3. The lowest BCUT2D eigenvalue weighted by Gasteiger charge is -2.30. The van der Waals surface area contributed by atoms with Crippen LogP contribution in [0.15, 0.2) is 48.5 Å². The molecule has 2 aromatic carbocycles. The fourth-order valence-electron chi connectivity index (χ4n) is 3.77. The normalized spacial score (nSPS) is 12.8. The second-order valence-electron chi connectivity index (χ2n) is 9.81. The highest BCUT2D eigenvalue weighted by Gasteiger charge is 2.32. The first-order valence-electron chi connectivity index (χ1n) is 12.4. The highest BCUT2D eigenvalue weighted by atomic mass is 32.2. The van der Waals surface area contributed by atoms with Crippen molar-refractivity contribution in [1.29, 1.82) is 0 Å². The van der Waals surface area contributed by atoms with E-state index in [1.165, 1.54) is 11.0 Å². The fourth-order valence-corrected chi connectivity index (χ4v) is 4.72. The number of carbonyl (C=O) groups excluding carboxylic acids is 2. The minimum Gasteiger partial charge on any atom is -0.354 e. The van der Waals surface area contributed by atoms with E-state index in [4.69, 9.17) is 0 Å². The van der Waals surface area contributed by atoms with Crippen LogP contribution in [-0.4, -0.2) is 50.5 Å². The molecule has 0 unspecified atom stereocenters. The predicted octanol–water partition coefficient (Wildman–Crippen LogP) is 4.75. The van der Waals surface area contributed by atoms with Gasteiger partial charge in [0.05, 0.1) is 17.5 Å². The summed E-state index contributed by atoms with van der Waals surface area (Å²) in [5.74, 6) is -0.443. The van der Waals surface area contributed by atoms with Gasteiger partial charge in [-0.05, 0) is 49.9 Å². The predicted molar refractivity (Wildman–Crippen MR) is 142 cm³/mol. The fraction of sp³-hybridized carbons (Fsp3) is 0.481. The molecule has 2 amide bonds. The molecule has 11 heteroatoms. The summed E-state index contributed by atoms with van der Waals surface area (Å²) in [6, 6.07) is 10.8. The quantitative estimate of drug-likeness (QED) is 0.410. The van der Waals surface area contributed by atoms with Crippen LogP contribution in [0, 0.1) is 12.8 Å². The smallest absolute Gasteiger partial charge is 0.354 e. The number of hydrogen-bond donors (Lipinski definition) is 1. The van der Waals surface area contributed by atoms with Crippen molar-refractivity contribution in [2.24, 2.45) is 5.92 Å². The SMILES string of the molecule is Cc1ccc(CN(C(=O)CCCN(c2cccc(C(F)(F)F)c2)S(C)(=O)=O)[C@@H](C)C(=O)NCC(C)C)cc1. The first kappa shape index (κ1) is 31.1. The number of hydrogen-bond acceptors (Lipinski definition) is 4. The second-order valence-corrected chi connectivity index (χ2v) is 11.7. The number of sulfonamides is 1. The highest BCUT2D eigenvalue weighted by Crippen LogP contribution is 2.32. The van der Waals surface area contributed by atoms with E-state index < -0.39 is 27.8 Å². The third kappa shape index (κ3) is 9.34. The van der Waals surface area contributed by atoms with Gasteiger partial charge in [0.25, 0.3) is 0 Å². The number of amides is 2. The molecule has 0 bridgehead atoms. The molecule has 0 saturated heterocycles. The van der Waals surface area contributed by atoms with Gasteiger partial charge in [0.1, 0.15) is 6.04 Å². The molecular formula is C27H36F3N3O4S. The van der Waals surface area contributed by atoms with E-state index in [1.54, 1.807) is 6.92 Å². The Hall–Kier alpha value is -3.08. The second kappa shape index (κ2) is 13.1. The molecule has 0 fully saturated rings. The Balaban J connectivity index is 2.20. The van der Waals surface area contributed by atoms with E-state index in [0.717, 1.165) is 39.9 Å². The highest BCUT2D eigenvalue weighted by molar-refractivity contribution is 7.92. The zero-order valence-electron chi connectivity index (χ0n) is 22.4. The van der Waals surface area contributed by atoms with Crippen LogP contribution in [0.1, 0.15) is 50.3 Å². The van der Waals surface area contributed by atoms with Gasteiger partial charge >= 0.3 is 6.18 Å². The van der Waals surface area contributed by atoms with Crippen LogP contribution in [0.5, 0.6) is 0 Å². The molecule has 210 valence electrons. The van der Waals surface area contributed by atoms with Gasteiger partial charge in [-0.15, -0.1) is 0 Å². The van der Waals surface area contributed by atoms with Gasteiger partial charge in [0.2, 0.25) is 21.8 Å². The van der Waals surface area contributed by atoms with Gasteiger partial charge < -0.3 is 10.2 Å². The van der Waals surface area contributed by atoms with E-state index in [1.807, 2.05) is 45.0 Å². The number of rotatable bonds is 12. The molecule has 38 heavy (non-hydrogen) atoms. The van der Waals surface area contributed by atoms with E-state index in [-0.39, 0.29) is 49.4 Å². The van der Waals surface area contributed by atoms with Gasteiger partial charge in [0, 0.05) is 26.1 Å². The van der Waals surface area contributed by atoms with Crippen molar-refractivity contribution in [1.82, 2.24) is 10.2 Å². The van der Waals surface area contributed by atoms with Crippen molar-refractivity contribution < 1.29 is 31.2 Å². The minimum atomic E-state index is -4.63. The van der Waals surface area contributed by atoms with Crippen molar-refractivity contribution in [3.05, 3.63) is 65.2 Å². The van der Waals surface area contributed by atoms with Crippen LogP contribution in [0.2, 0.25) is 0 Å². The van der Waals surface area contributed by atoms with Crippen LogP contribution >= 0.6 is 0 Å². The van der Waals surface area contributed by atoms with Crippen molar-refractivity contribution in [2.75, 3.05) is 23.7 Å². The first-order valence-corrected chi connectivity index (χ1v) is 14.2. The molecule has 2 rings (SSSR count). The number of alkyl halides is 3. The van der Waals surface area contributed by atoms with Gasteiger partial charge in [-0.1, -0.05) is 49.7 Å². The van der Waals surface area contributed by atoms with Crippen molar-refractivity contribution >= 4 is 27.5 Å². The summed E-state index contributed by atoms with van der Waals surface area (Å²) in [7, 11) is -3.92. The van der Waals surface area contributed by atoms with Crippen LogP contribution in [-0.2, 0) is 32.3 Å². The average molecular weight is 556 g/mol. The number of aryl methyl sites for hydroxylation is 1. The van der Waals surface area contributed by atoms with Gasteiger partial charge in [-0.25, -0.2) is 8.42 Å². The summed E-state index contributed by atoms with van der Waals surface area (Å²) in [5.41, 5.74) is 0.775. The van der Waals surface area contributed by atoms with Crippen molar-refractivity contribution in [3.8, 4) is 0 Å². The zero-order valence-corrected chi connectivity index (χ0v) is 23.2. The maximum absolute atomic E-state index is 13.3. The molecule has 0 heterocycles. The Morgan fingerprint density at radius 2 is 1.66 bits per heavy atom. The lowest BCUT2D eigenvalue weighted by Crippen LogP contribution is -2.48. The summed E-state index contributed by atoms with van der Waals surface area (Å²) in [6.07, 6.45) is -3.77. The summed E-state index contributed by atoms with van der Waals surface area (Å²) in [4.78, 5) is 27.5. The first-order chi connectivity index (χ1) is 17.6. The molecule has 2 aromatic rings. The van der Waals surface area contributed by atoms with Crippen LogP contribution < -0.4 is 9.62 Å². The standard InChI is InChI=1S/C27H36F3N3O4S/c1-19(2)17-31-26(35)21(4)32(18-22-13-11-20(3)12-14-22)25(34)10-7-15-33(38(5,36)37)24-9-6-8-23(16-24)27(28,29)30/h6,8-9,11-14,16,19,21H,7,10,15,17-18H2,1-5H3,(H,31,35)/t21-/m0/s1. The molecule has 0 aliphatic rings. The largest absolute Gasteiger partial charge is 0.416 e. The Bertz CT molecular complexity index is 1200. The van der Waals surface area contributed by atoms with Gasteiger partial charge in [-0.2, -0.15) is 13.2 Å². The van der Waals surface area contributed by atoms with E-state index in [9.17, 15) is 31.2 Å². The maximum Gasteiger partial charge on any atom is 0.416 e. The lowest BCUT2D eigenvalue weighted by molar-refractivity contribution is -0.140. The molecule has 1 N–H and O–H groups in total. The van der Waals surface area contributed by atoms with Gasteiger partial charge in [-0.3, -0.25) is 13.9 Å². The molecule has 0 spiro atoms. The monoisotopic (exact) mass is 555 g/mol. The third-order valence-corrected chi connectivity index (χ3v) is 7.13. The number of nitrogens with one attached hydrogen (secondary N) is 1. The molecular weight excluding hydrogens is 519 g/mol. The summed E-state index contributed by atoms with van der Waals surface area (Å²) in [6.45, 7) is 7.92. The number of carbonyl (C=O) groups is 2. The molecule has 0 saturated carbocycles. The zero-order chi connectivity index (χ0) is 28.7. The van der Waals surface area contributed by atoms with Crippen LogP contribution in [0.4, 0.5) is 18.9 Å². The van der Waals surface area contributed by atoms with Crippen molar-refractivity contribution in [3.63, 3.8) is 0 Å². The number of nitrogens with zero attached hydrogens (tertiary/aromatic N) is 2. The Morgan fingerprint density at radius 1 is 1.03 bits per heavy atom. The lowest BCUT2D eigenvalue weighted by atomic mass is 10.1. The van der Waals surface area contributed by atoms with Crippen molar-refractivity contribution in [2.45, 2.75) is 59.3 Å². The van der Waals surface area contributed by atoms with Gasteiger partial charge in [0.15, 0.2) is 0 Å². The van der Waals surface area contributed by atoms with E-state index in [2.05, 4.69) is 5.32 Å². The van der Waals surface area contributed by atoms with E-state index >= 15 is 0 Å². The molecule has 0 radical (unpaired) electrons. The number of anilines is 1. The third-order valence-electron chi connectivity index (χ3n) is 5.94. The minimum absolute atomic E-state index is 0.0485. The summed E-state index contributed by atoms with van der Waals surface area (Å²) >= 11 is 0. The van der Waals surface area contributed by atoms with Crippen LogP contribution in [0.25, 0.3) is 0 Å². The van der Waals surface area contributed by atoms with Crippen LogP contribution in [0.3, 0.4) is 0 Å². The Labute approximate surface area is 223 Å². The molecule has 0 aliphatic heterocycles. The molecule has 0 aromatic heterocycles. The number of benzene rings is 2. The Morgan fingerprint density at radius 3 is 2.21 bits per heavy atom.